The van der Waals surface area contributed by atoms with Crippen molar-refractivity contribution < 1.29 is 19.2 Å². The number of rotatable bonds is 4. The Balaban J connectivity index is 1.33. The molecule has 0 saturated carbocycles. The summed E-state index contributed by atoms with van der Waals surface area (Å²) in [6.45, 7) is 1.54. The molecule has 1 fully saturated rings. The number of piperidine rings is 1. The van der Waals surface area contributed by atoms with Crippen LogP contribution < -0.4 is 16.0 Å². The van der Waals surface area contributed by atoms with Crippen LogP contribution in [0.5, 0.6) is 0 Å². The summed E-state index contributed by atoms with van der Waals surface area (Å²) in [4.78, 5) is 50.3. The Bertz CT molecular complexity index is 1110. The Morgan fingerprint density at radius 1 is 0.968 bits per heavy atom. The van der Waals surface area contributed by atoms with Crippen LogP contribution in [0, 0.1) is 0 Å². The smallest absolute Gasteiger partial charge is 0.262 e. The first-order chi connectivity index (χ1) is 15.0. The van der Waals surface area contributed by atoms with E-state index in [2.05, 4.69) is 28.1 Å². The van der Waals surface area contributed by atoms with Gasteiger partial charge in [0.05, 0.1) is 11.1 Å². The summed E-state index contributed by atoms with van der Waals surface area (Å²) in [6, 6.07) is 12.6. The van der Waals surface area contributed by atoms with E-state index in [9.17, 15) is 19.2 Å². The van der Waals surface area contributed by atoms with Crippen molar-refractivity contribution in [2.45, 2.75) is 31.3 Å². The lowest BCUT2D eigenvalue weighted by molar-refractivity contribution is -0.136. The fourth-order valence-electron chi connectivity index (χ4n) is 4.58. The maximum Gasteiger partial charge on any atom is 0.262 e. The van der Waals surface area contributed by atoms with Crippen molar-refractivity contribution in [1.82, 2.24) is 15.5 Å². The van der Waals surface area contributed by atoms with Crippen molar-refractivity contribution in [2.24, 2.45) is 0 Å². The van der Waals surface area contributed by atoms with Gasteiger partial charge in [0.2, 0.25) is 11.8 Å². The highest BCUT2D eigenvalue weighted by atomic mass is 16.2. The summed E-state index contributed by atoms with van der Waals surface area (Å²) >= 11 is 0. The first kappa shape index (κ1) is 19.4. The molecule has 3 aliphatic rings. The highest BCUT2D eigenvalue weighted by molar-refractivity contribution is 6.23. The van der Waals surface area contributed by atoms with Gasteiger partial charge in [-0.3, -0.25) is 29.4 Å². The fraction of sp³-hybridized carbons (Fsp3) is 0.304. The first-order valence-electron chi connectivity index (χ1n) is 10.4. The third kappa shape index (κ3) is 3.38. The molecule has 3 N–H and O–H groups in total. The van der Waals surface area contributed by atoms with Gasteiger partial charge in [-0.1, -0.05) is 24.3 Å². The van der Waals surface area contributed by atoms with E-state index >= 15 is 0 Å². The van der Waals surface area contributed by atoms with Gasteiger partial charge in [-0.15, -0.1) is 0 Å². The summed E-state index contributed by atoms with van der Waals surface area (Å²) in [7, 11) is 0. The number of hydrogen-bond donors (Lipinski definition) is 3. The summed E-state index contributed by atoms with van der Waals surface area (Å²) in [5.41, 5.74) is 3.88. The van der Waals surface area contributed by atoms with Gasteiger partial charge in [0, 0.05) is 24.7 Å². The predicted octanol–water partition coefficient (Wildman–Crippen LogP) is 1.39. The zero-order valence-corrected chi connectivity index (χ0v) is 16.8. The van der Waals surface area contributed by atoms with E-state index in [1.165, 1.54) is 11.1 Å². The Kier molecular flexibility index (Phi) is 4.78. The second kappa shape index (κ2) is 7.63. The Morgan fingerprint density at radius 2 is 1.77 bits per heavy atom. The van der Waals surface area contributed by atoms with E-state index in [4.69, 9.17) is 0 Å². The number of hydrogen-bond acceptors (Lipinski definition) is 6. The molecule has 1 saturated heterocycles. The van der Waals surface area contributed by atoms with Crippen molar-refractivity contribution in [1.29, 1.82) is 0 Å². The number of nitrogens with zero attached hydrogens (tertiary/aromatic N) is 1. The molecule has 2 unspecified atom stereocenters. The fourth-order valence-corrected chi connectivity index (χ4v) is 4.58. The van der Waals surface area contributed by atoms with Crippen molar-refractivity contribution in [3.05, 3.63) is 64.7 Å². The van der Waals surface area contributed by atoms with Gasteiger partial charge in [0.1, 0.15) is 6.04 Å². The molecule has 3 aliphatic heterocycles. The molecule has 158 valence electrons. The molecule has 5 rings (SSSR count). The minimum atomic E-state index is -0.954. The molecule has 0 aromatic heterocycles. The zero-order valence-electron chi connectivity index (χ0n) is 16.8. The molecule has 0 aliphatic carbocycles. The third-order valence-electron chi connectivity index (χ3n) is 6.17. The van der Waals surface area contributed by atoms with Gasteiger partial charge >= 0.3 is 0 Å². The topological polar surface area (TPSA) is 108 Å². The molecule has 2 aromatic rings. The summed E-state index contributed by atoms with van der Waals surface area (Å²) in [6.07, 6.45) is 1.25. The maximum atomic E-state index is 13.0. The minimum Gasteiger partial charge on any atom is -0.383 e. The lowest BCUT2D eigenvalue weighted by atomic mass is 9.94. The second-order valence-electron chi connectivity index (χ2n) is 8.04. The number of imide groups is 2. The second-order valence-corrected chi connectivity index (χ2v) is 8.04. The third-order valence-corrected chi connectivity index (χ3v) is 6.17. The number of carbonyl (C=O) groups is 4. The summed E-state index contributed by atoms with van der Waals surface area (Å²) in [5.74, 6) is -1.99. The number of nitrogens with one attached hydrogen (secondary N) is 3. The first-order valence-corrected chi connectivity index (χ1v) is 10.4. The number of benzene rings is 2. The summed E-state index contributed by atoms with van der Waals surface area (Å²) in [5, 5.41) is 9.08. The van der Waals surface area contributed by atoms with Crippen molar-refractivity contribution in [3.8, 4) is 0 Å². The van der Waals surface area contributed by atoms with Gasteiger partial charge in [0.25, 0.3) is 11.8 Å². The van der Waals surface area contributed by atoms with Crippen molar-refractivity contribution >= 4 is 29.3 Å². The quantitative estimate of drug-likeness (QED) is 0.648. The number of anilines is 1. The average molecular weight is 418 g/mol. The molecule has 0 bridgehead atoms. The minimum absolute atomic E-state index is 0.104. The molecule has 8 heteroatoms. The van der Waals surface area contributed by atoms with E-state index in [1.54, 1.807) is 18.2 Å². The van der Waals surface area contributed by atoms with E-state index < -0.39 is 23.8 Å². The van der Waals surface area contributed by atoms with Crippen LogP contribution in [0.2, 0.25) is 0 Å². The molecule has 3 heterocycles. The maximum absolute atomic E-state index is 13.0. The molecule has 4 amide bonds. The van der Waals surface area contributed by atoms with Crippen LogP contribution in [-0.4, -0.2) is 47.7 Å². The van der Waals surface area contributed by atoms with Gasteiger partial charge in [-0.05, 0) is 48.7 Å². The predicted molar refractivity (Wildman–Crippen MR) is 112 cm³/mol. The highest BCUT2D eigenvalue weighted by Crippen LogP contribution is 2.30. The van der Waals surface area contributed by atoms with Crippen molar-refractivity contribution in [2.75, 3.05) is 18.4 Å². The van der Waals surface area contributed by atoms with Crippen LogP contribution in [0.3, 0.4) is 0 Å². The lowest BCUT2D eigenvalue weighted by Crippen LogP contribution is -2.54. The zero-order chi connectivity index (χ0) is 21.5. The average Bonchev–Trinajstić information content (AvgIpc) is 3.02. The Hall–Kier alpha value is -3.52. The highest BCUT2D eigenvalue weighted by Gasteiger charge is 2.44. The molecule has 2 atom stereocenters. The van der Waals surface area contributed by atoms with Crippen LogP contribution in [0.25, 0.3) is 0 Å². The number of amides is 4. The van der Waals surface area contributed by atoms with Crippen LogP contribution in [0.4, 0.5) is 5.69 Å². The van der Waals surface area contributed by atoms with E-state index in [-0.39, 0.29) is 35.9 Å². The Morgan fingerprint density at radius 3 is 2.61 bits per heavy atom. The van der Waals surface area contributed by atoms with Crippen LogP contribution >= 0.6 is 0 Å². The number of carbonyl (C=O) groups excluding carboxylic acids is 4. The molecule has 8 nitrogen and oxygen atoms in total. The largest absolute Gasteiger partial charge is 0.383 e. The lowest BCUT2D eigenvalue weighted by Gasteiger charge is -2.27. The van der Waals surface area contributed by atoms with E-state index in [0.717, 1.165) is 23.6 Å². The monoisotopic (exact) mass is 418 g/mol. The molecule has 0 radical (unpaired) electrons. The van der Waals surface area contributed by atoms with Gasteiger partial charge in [0.15, 0.2) is 0 Å². The Labute approximate surface area is 179 Å². The summed E-state index contributed by atoms with van der Waals surface area (Å²) < 4.78 is 0. The number of fused-ring (bicyclic) bond motifs is 2. The van der Waals surface area contributed by atoms with Gasteiger partial charge < -0.3 is 10.6 Å². The van der Waals surface area contributed by atoms with E-state index in [1.807, 2.05) is 12.1 Å². The normalized spacial score (nSPS) is 22.8. The SMILES string of the molecule is O=C1CCC(N2C(=O)c3ccc(NCC4NCCc5ccccc54)cc3C2=O)C(=O)N1. The standard InChI is InChI=1S/C23H22N4O4/c28-20-8-7-19(21(29)26-20)27-22(30)16-6-5-14(11-17(16)23(27)31)25-12-18-15-4-2-1-3-13(15)9-10-24-18/h1-6,11,18-19,24-25H,7-10,12H2,(H,26,28,29). The molecule has 31 heavy (non-hydrogen) atoms. The van der Waals surface area contributed by atoms with Crippen LogP contribution in [0.1, 0.15) is 50.7 Å². The molecule has 0 spiro atoms. The van der Waals surface area contributed by atoms with E-state index in [0.29, 0.717) is 6.54 Å². The van der Waals surface area contributed by atoms with Gasteiger partial charge in [-0.2, -0.15) is 0 Å². The van der Waals surface area contributed by atoms with Crippen molar-refractivity contribution in [3.63, 3.8) is 0 Å². The molecule has 2 aromatic carbocycles. The van der Waals surface area contributed by atoms with Gasteiger partial charge in [-0.25, -0.2) is 0 Å². The van der Waals surface area contributed by atoms with Crippen LogP contribution in [0.15, 0.2) is 42.5 Å². The molecular formula is C23H22N4O4. The molecular weight excluding hydrogens is 396 g/mol. The van der Waals surface area contributed by atoms with Crippen LogP contribution in [-0.2, 0) is 16.0 Å².